The molecule has 0 bridgehead atoms. The van der Waals surface area contributed by atoms with Crippen molar-refractivity contribution in [3.8, 4) is 0 Å². The number of fused-ring (bicyclic) bond motifs is 1. The van der Waals surface area contributed by atoms with E-state index >= 15 is 0 Å². The summed E-state index contributed by atoms with van der Waals surface area (Å²) in [7, 11) is 0. The minimum atomic E-state index is -0.284. The van der Waals surface area contributed by atoms with Crippen LogP contribution in [0.25, 0.3) is 11.0 Å². The van der Waals surface area contributed by atoms with Gasteiger partial charge in [-0.15, -0.1) is 0 Å². The molecule has 0 amide bonds. The van der Waals surface area contributed by atoms with E-state index in [0.717, 1.165) is 50.2 Å². The molecule has 1 fully saturated rings. The molecule has 3 rings (SSSR count). The van der Waals surface area contributed by atoms with Crippen LogP contribution in [0.4, 0.5) is 0 Å². The third-order valence-corrected chi connectivity index (χ3v) is 4.79. The lowest BCUT2D eigenvalue weighted by molar-refractivity contribution is 0.108. The SMILES string of the molecule is CC(C)c1ccc2oc(=O)cc(CN3CCN(CCO)CC3)c2c1. The number of benzene rings is 1. The Morgan fingerprint density at radius 2 is 1.83 bits per heavy atom. The van der Waals surface area contributed by atoms with Gasteiger partial charge in [0.05, 0.1) is 6.61 Å². The van der Waals surface area contributed by atoms with Gasteiger partial charge in [0.2, 0.25) is 0 Å². The third kappa shape index (κ3) is 3.86. The Hall–Kier alpha value is -1.69. The van der Waals surface area contributed by atoms with Gasteiger partial charge >= 0.3 is 5.63 Å². The molecule has 1 saturated heterocycles. The Kier molecular flexibility index (Phi) is 5.33. The van der Waals surface area contributed by atoms with Gasteiger partial charge in [-0.1, -0.05) is 19.9 Å². The second-order valence-electron chi connectivity index (χ2n) is 6.84. The van der Waals surface area contributed by atoms with E-state index in [0.29, 0.717) is 11.5 Å². The maximum Gasteiger partial charge on any atom is 0.336 e. The highest BCUT2D eigenvalue weighted by atomic mass is 16.4. The average molecular weight is 330 g/mol. The molecule has 24 heavy (non-hydrogen) atoms. The van der Waals surface area contributed by atoms with Crippen LogP contribution in [-0.2, 0) is 6.54 Å². The zero-order chi connectivity index (χ0) is 17.1. The first-order valence-electron chi connectivity index (χ1n) is 8.69. The monoisotopic (exact) mass is 330 g/mol. The molecule has 5 heteroatoms. The van der Waals surface area contributed by atoms with Crippen molar-refractivity contribution in [1.82, 2.24) is 9.80 Å². The highest BCUT2D eigenvalue weighted by molar-refractivity contribution is 5.81. The number of β-amino-alcohol motifs (C(OH)–C–C–N with tert-alkyl or cyclic N) is 1. The van der Waals surface area contributed by atoms with Crippen LogP contribution in [-0.4, -0.2) is 54.2 Å². The highest BCUT2D eigenvalue weighted by Gasteiger charge is 2.18. The van der Waals surface area contributed by atoms with E-state index in [1.165, 1.54) is 5.56 Å². The lowest BCUT2D eigenvalue weighted by Gasteiger charge is -2.34. The minimum absolute atomic E-state index is 0.211. The van der Waals surface area contributed by atoms with Crippen LogP contribution in [0.2, 0.25) is 0 Å². The molecule has 130 valence electrons. The minimum Gasteiger partial charge on any atom is -0.423 e. The molecule has 1 aliphatic rings. The molecule has 0 spiro atoms. The summed E-state index contributed by atoms with van der Waals surface area (Å²) in [6, 6.07) is 7.73. The van der Waals surface area contributed by atoms with Gasteiger partial charge in [0.25, 0.3) is 0 Å². The van der Waals surface area contributed by atoms with Gasteiger partial charge in [0.1, 0.15) is 5.58 Å². The van der Waals surface area contributed by atoms with Crippen LogP contribution in [0.5, 0.6) is 0 Å². The molecule has 0 saturated carbocycles. The van der Waals surface area contributed by atoms with E-state index in [1.54, 1.807) is 6.07 Å². The van der Waals surface area contributed by atoms with Gasteiger partial charge in [0.15, 0.2) is 0 Å². The fourth-order valence-corrected chi connectivity index (χ4v) is 3.29. The molecule has 1 N–H and O–H groups in total. The summed E-state index contributed by atoms with van der Waals surface area (Å²) in [5.41, 5.74) is 2.68. The Balaban J connectivity index is 1.83. The molecule has 0 unspecified atom stereocenters. The molecule has 0 aliphatic carbocycles. The zero-order valence-corrected chi connectivity index (χ0v) is 14.5. The molecule has 2 aromatic rings. The van der Waals surface area contributed by atoms with Crippen molar-refractivity contribution in [2.24, 2.45) is 0 Å². The predicted octanol–water partition coefficient (Wildman–Crippen LogP) is 2.03. The van der Waals surface area contributed by atoms with Gasteiger partial charge < -0.3 is 9.52 Å². The number of hydrogen-bond acceptors (Lipinski definition) is 5. The molecule has 1 aromatic carbocycles. The lowest BCUT2D eigenvalue weighted by Crippen LogP contribution is -2.46. The quantitative estimate of drug-likeness (QED) is 0.850. The van der Waals surface area contributed by atoms with E-state index in [1.807, 2.05) is 12.1 Å². The summed E-state index contributed by atoms with van der Waals surface area (Å²) < 4.78 is 5.37. The maximum absolute atomic E-state index is 11.9. The van der Waals surface area contributed by atoms with Crippen LogP contribution in [0.1, 0.15) is 30.9 Å². The van der Waals surface area contributed by atoms with Crippen LogP contribution in [0.15, 0.2) is 33.5 Å². The summed E-state index contributed by atoms with van der Waals surface area (Å²) in [5, 5.41) is 10.1. The highest BCUT2D eigenvalue weighted by Crippen LogP contribution is 2.24. The van der Waals surface area contributed by atoms with Crippen LogP contribution < -0.4 is 5.63 Å². The second-order valence-corrected chi connectivity index (χ2v) is 6.84. The molecule has 1 aromatic heterocycles. The Morgan fingerprint density at radius 3 is 2.50 bits per heavy atom. The number of nitrogens with zero attached hydrogens (tertiary/aromatic N) is 2. The van der Waals surface area contributed by atoms with Gasteiger partial charge in [-0.2, -0.15) is 0 Å². The largest absolute Gasteiger partial charge is 0.423 e. The first-order chi connectivity index (χ1) is 11.6. The van der Waals surface area contributed by atoms with E-state index in [9.17, 15) is 4.79 Å². The smallest absolute Gasteiger partial charge is 0.336 e. The van der Waals surface area contributed by atoms with Crippen LogP contribution in [0.3, 0.4) is 0 Å². The third-order valence-electron chi connectivity index (χ3n) is 4.79. The fourth-order valence-electron chi connectivity index (χ4n) is 3.29. The summed E-state index contributed by atoms with van der Waals surface area (Å²) in [5.74, 6) is 0.441. The normalized spacial score (nSPS) is 17.0. The Bertz CT molecular complexity index is 746. The van der Waals surface area contributed by atoms with Gasteiger partial charge in [0, 0.05) is 50.7 Å². The second kappa shape index (κ2) is 7.47. The van der Waals surface area contributed by atoms with Gasteiger partial charge in [-0.05, 0) is 29.2 Å². The molecule has 0 radical (unpaired) electrons. The molecule has 0 atom stereocenters. The first kappa shape index (κ1) is 17.1. The number of piperazine rings is 1. The summed E-state index contributed by atoms with van der Waals surface area (Å²) >= 11 is 0. The van der Waals surface area contributed by atoms with Crippen LogP contribution >= 0.6 is 0 Å². The number of hydrogen-bond donors (Lipinski definition) is 1. The summed E-state index contributed by atoms with van der Waals surface area (Å²) in [6.45, 7) is 9.86. The van der Waals surface area contributed by atoms with E-state index in [2.05, 4.69) is 29.7 Å². The van der Waals surface area contributed by atoms with Crippen molar-refractivity contribution in [3.63, 3.8) is 0 Å². The lowest BCUT2D eigenvalue weighted by atomic mass is 9.99. The first-order valence-corrected chi connectivity index (χ1v) is 8.69. The van der Waals surface area contributed by atoms with Crippen molar-refractivity contribution < 1.29 is 9.52 Å². The Labute approximate surface area is 142 Å². The van der Waals surface area contributed by atoms with Crippen molar-refractivity contribution >= 4 is 11.0 Å². The van der Waals surface area contributed by atoms with Crippen molar-refractivity contribution in [2.75, 3.05) is 39.3 Å². The predicted molar refractivity (Wildman–Crippen MR) is 95.4 cm³/mol. The van der Waals surface area contributed by atoms with Crippen molar-refractivity contribution in [1.29, 1.82) is 0 Å². The van der Waals surface area contributed by atoms with E-state index in [4.69, 9.17) is 9.52 Å². The summed E-state index contributed by atoms with van der Waals surface area (Å²) in [4.78, 5) is 16.5. The van der Waals surface area contributed by atoms with E-state index < -0.39 is 0 Å². The topological polar surface area (TPSA) is 56.9 Å². The summed E-state index contributed by atoms with van der Waals surface area (Å²) in [6.07, 6.45) is 0. The average Bonchev–Trinajstić information content (AvgIpc) is 2.56. The van der Waals surface area contributed by atoms with Crippen molar-refractivity contribution in [2.45, 2.75) is 26.3 Å². The molecule has 2 heterocycles. The molecule has 1 aliphatic heterocycles. The van der Waals surface area contributed by atoms with Crippen molar-refractivity contribution in [3.05, 3.63) is 45.8 Å². The number of aliphatic hydroxyl groups excluding tert-OH is 1. The number of rotatable bonds is 5. The van der Waals surface area contributed by atoms with Crippen LogP contribution in [0, 0.1) is 0 Å². The fraction of sp³-hybridized carbons (Fsp3) is 0.526. The molecular weight excluding hydrogens is 304 g/mol. The van der Waals surface area contributed by atoms with Gasteiger partial charge in [-0.3, -0.25) is 9.80 Å². The molecule has 5 nitrogen and oxygen atoms in total. The molecular formula is C19H26N2O3. The standard InChI is InChI=1S/C19H26N2O3/c1-14(2)15-3-4-18-17(11-15)16(12-19(23)24-18)13-21-7-5-20(6-8-21)9-10-22/h3-4,11-12,14,22H,5-10,13H2,1-2H3. The van der Waals surface area contributed by atoms with Gasteiger partial charge in [-0.25, -0.2) is 4.79 Å². The Morgan fingerprint density at radius 1 is 1.12 bits per heavy atom. The zero-order valence-electron chi connectivity index (χ0n) is 14.5. The maximum atomic E-state index is 11.9. The number of aliphatic hydroxyl groups is 1. The van der Waals surface area contributed by atoms with E-state index in [-0.39, 0.29) is 12.2 Å².